The van der Waals surface area contributed by atoms with Crippen LogP contribution in [0, 0.1) is 6.92 Å². The molecule has 0 aliphatic rings. The lowest BCUT2D eigenvalue weighted by Crippen LogP contribution is -2.39. The van der Waals surface area contributed by atoms with Gasteiger partial charge in [0.15, 0.2) is 5.96 Å². The molecule has 5 nitrogen and oxygen atoms in total. The standard InChI is InChI=1S/C17H29N3O2.HI/c1-4-18-17(20-12-14-21-5-2)19-11-8-13-22-16-10-7-6-9-15(16)3;/h6-7,9-10H,4-5,8,11-14H2,1-3H3,(H2,18,19,20);1H. The lowest BCUT2D eigenvalue weighted by molar-refractivity contribution is 0.152. The Morgan fingerprint density at radius 3 is 2.61 bits per heavy atom. The van der Waals surface area contributed by atoms with Crippen LogP contribution in [0.3, 0.4) is 0 Å². The Morgan fingerprint density at radius 2 is 1.91 bits per heavy atom. The van der Waals surface area contributed by atoms with Gasteiger partial charge in [-0.1, -0.05) is 18.2 Å². The molecule has 1 aromatic rings. The van der Waals surface area contributed by atoms with Crippen LogP contribution in [0.15, 0.2) is 29.3 Å². The Hall–Kier alpha value is -1.02. The largest absolute Gasteiger partial charge is 0.493 e. The summed E-state index contributed by atoms with van der Waals surface area (Å²) in [6.45, 7) is 10.6. The number of ether oxygens (including phenoxy) is 2. The van der Waals surface area contributed by atoms with Crippen LogP contribution in [0.4, 0.5) is 0 Å². The summed E-state index contributed by atoms with van der Waals surface area (Å²) in [5.74, 6) is 1.78. The van der Waals surface area contributed by atoms with Crippen molar-refractivity contribution in [3.63, 3.8) is 0 Å². The number of hydrogen-bond acceptors (Lipinski definition) is 3. The molecule has 0 saturated heterocycles. The molecule has 0 fully saturated rings. The van der Waals surface area contributed by atoms with Crippen molar-refractivity contribution < 1.29 is 9.47 Å². The fraction of sp³-hybridized carbons (Fsp3) is 0.588. The molecule has 2 N–H and O–H groups in total. The first-order chi connectivity index (χ1) is 10.8. The molecule has 132 valence electrons. The Labute approximate surface area is 157 Å². The minimum atomic E-state index is 0. The number of rotatable bonds is 10. The van der Waals surface area contributed by atoms with Gasteiger partial charge in [-0.2, -0.15) is 0 Å². The van der Waals surface area contributed by atoms with E-state index < -0.39 is 0 Å². The first kappa shape index (κ1) is 22.0. The van der Waals surface area contributed by atoms with Gasteiger partial charge < -0.3 is 20.1 Å². The van der Waals surface area contributed by atoms with Crippen LogP contribution < -0.4 is 15.4 Å². The van der Waals surface area contributed by atoms with Crippen LogP contribution in [-0.2, 0) is 4.74 Å². The maximum atomic E-state index is 5.76. The lowest BCUT2D eigenvalue weighted by Gasteiger charge is -2.11. The summed E-state index contributed by atoms with van der Waals surface area (Å²) in [5, 5.41) is 6.47. The number of aryl methyl sites for hydroxylation is 1. The SMILES string of the molecule is CCNC(=NCCCOc1ccccc1C)NCCOCC.I. The molecule has 0 aliphatic heterocycles. The molecule has 0 heterocycles. The lowest BCUT2D eigenvalue weighted by atomic mass is 10.2. The average Bonchev–Trinajstić information content (AvgIpc) is 2.52. The van der Waals surface area contributed by atoms with E-state index in [1.54, 1.807) is 0 Å². The van der Waals surface area contributed by atoms with Crippen LogP contribution in [0.5, 0.6) is 5.75 Å². The molecule has 0 unspecified atom stereocenters. The molecule has 0 aromatic heterocycles. The Balaban J connectivity index is 0.00000484. The van der Waals surface area contributed by atoms with Gasteiger partial charge in [-0.05, 0) is 32.4 Å². The van der Waals surface area contributed by atoms with Crippen LogP contribution in [0.2, 0.25) is 0 Å². The van der Waals surface area contributed by atoms with E-state index in [2.05, 4.69) is 35.5 Å². The van der Waals surface area contributed by atoms with Gasteiger partial charge in [-0.25, -0.2) is 0 Å². The van der Waals surface area contributed by atoms with Crippen LogP contribution in [-0.4, -0.2) is 45.4 Å². The number of nitrogens with zero attached hydrogens (tertiary/aromatic N) is 1. The normalized spacial score (nSPS) is 10.8. The molecule has 0 bridgehead atoms. The van der Waals surface area contributed by atoms with E-state index in [0.717, 1.165) is 49.9 Å². The first-order valence-electron chi connectivity index (χ1n) is 8.06. The highest BCUT2D eigenvalue weighted by atomic mass is 127. The third kappa shape index (κ3) is 10.4. The van der Waals surface area contributed by atoms with Gasteiger partial charge in [0.2, 0.25) is 0 Å². The Morgan fingerprint density at radius 1 is 1.13 bits per heavy atom. The Bertz CT molecular complexity index is 442. The third-order valence-corrected chi connectivity index (χ3v) is 3.01. The van der Waals surface area contributed by atoms with Gasteiger partial charge in [0.25, 0.3) is 0 Å². The van der Waals surface area contributed by atoms with Gasteiger partial charge >= 0.3 is 0 Å². The summed E-state index contributed by atoms with van der Waals surface area (Å²) < 4.78 is 11.1. The number of guanidine groups is 1. The quantitative estimate of drug-likeness (QED) is 0.257. The highest BCUT2D eigenvalue weighted by Crippen LogP contribution is 2.15. The highest BCUT2D eigenvalue weighted by Gasteiger charge is 1.98. The van der Waals surface area contributed by atoms with E-state index in [1.165, 1.54) is 0 Å². The maximum Gasteiger partial charge on any atom is 0.191 e. The molecular weight excluding hydrogens is 405 g/mol. The van der Waals surface area contributed by atoms with Crippen molar-refractivity contribution in [2.75, 3.05) is 39.5 Å². The van der Waals surface area contributed by atoms with Gasteiger partial charge in [0, 0.05) is 32.7 Å². The minimum absolute atomic E-state index is 0. The van der Waals surface area contributed by atoms with Crippen molar-refractivity contribution >= 4 is 29.9 Å². The van der Waals surface area contributed by atoms with Gasteiger partial charge in [0.1, 0.15) is 5.75 Å². The van der Waals surface area contributed by atoms with Crippen LogP contribution in [0.1, 0.15) is 25.8 Å². The van der Waals surface area contributed by atoms with Gasteiger partial charge in [-0.15, -0.1) is 24.0 Å². The van der Waals surface area contributed by atoms with E-state index in [9.17, 15) is 0 Å². The van der Waals surface area contributed by atoms with Crippen molar-refractivity contribution in [1.29, 1.82) is 0 Å². The van der Waals surface area contributed by atoms with E-state index in [0.29, 0.717) is 13.2 Å². The van der Waals surface area contributed by atoms with E-state index >= 15 is 0 Å². The van der Waals surface area contributed by atoms with Crippen molar-refractivity contribution in [2.45, 2.75) is 27.2 Å². The average molecular weight is 435 g/mol. The number of nitrogens with one attached hydrogen (secondary N) is 2. The molecule has 1 rings (SSSR count). The molecule has 1 aromatic carbocycles. The van der Waals surface area contributed by atoms with E-state index in [1.807, 2.05) is 25.1 Å². The predicted octanol–water partition coefficient (Wildman–Crippen LogP) is 2.97. The van der Waals surface area contributed by atoms with Gasteiger partial charge in [0.05, 0.1) is 13.2 Å². The molecule has 23 heavy (non-hydrogen) atoms. The second kappa shape index (κ2) is 14.6. The summed E-state index contributed by atoms with van der Waals surface area (Å²) in [7, 11) is 0. The number of para-hydroxylation sites is 1. The summed E-state index contributed by atoms with van der Waals surface area (Å²) >= 11 is 0. The zero-order chi connectivity index (χ0) is 16.0. The fourth-order valence-electron chi connectivity index (χ4n) is 1.88. The summed E-state index contributed by atoms with van der Waals surface area (Å²) in [6.07, 6.45) is 0.885. The van der Waals surface area contributed by atoms with Crippen LogP contribution in [0.25, 0.3) is 0 Å². The highest BCUT2D eigenvalue weighted by molar-refractivity contribution is 14.0. The van der Waals surface area contributed by atoms with Crippen molar-refractivity contribution in [2.24, 2.45) is 4.99 Å². The summed E-state index contributed by atoms with van der Waals surface area (Å²) in [6, 6.07) is 8.06. The molecule has 0 amide bonds. The van der Waals surface area contributed by atoms with Crippen LogP contribution >= 0.6 is 24.0 Å². The monoisotopic (exact) mass is 435 g/mol. The zero-order valence-electron chi connectivity index (χ0n) is 14.4. The number of hydrogen-bond donors (Lipinski definition) is 2. The number of halogens is 1. The first-order valence-corrected chi connectivity index (χ1v) is 8.06. The second-order valence-corrected chi connectivity index (χ2v) is 4.85. The molecule has 0 saturated carbocycles. The van der Waals surface area contributed by atoms with Crippen molar-refractivity contribution in [3.8, 4) is 5.75 Å². The summed E-state index contributed by atoms with van der Waals surface area (Å²) in [4.78, 5) is 4.52. The van der Waals surface area contributed by atoms with Gasteiger partial charge in [-0.3, -0.25) is 4.99 Å². The molecule has 0 aliphatic carbocycles. The molecule has 0 spiro atoms. The third-order valence-electron chi connectivity index (χ3n) is 3.01. The number of benzene rings is 1. The minimum Gasteiger partial charge on any atom is -0.493 e. The molecule has 6 heteroatoms. The van der Waals surface area contributed by atoms with Crippen molar-refractivity contribution in [3.05, 3.63) is 29.8 Å². The molecule has 0 atom stereocenters. The van der Waals surface area contributed by atoms with E-state index in [-0.39, 0.29) is 24.0 Å². The topological polar surface area (TPSA) is 54.9 Å². The molecular formula is C17H30IN3O2. The predicted molar refractivity (Wildman–Crippen MR) is 107 cm³/mol. The zero-order valence-corrected chi connectivity index (χ0v) is 16.8. The summed E-state index contributed by atoms with van der Waals surface area (Å²) in [5.41, 5.74) is 1.16. The molecule has 0 radical (unpaired) electrons. The fourth-order valence-corrected chi connectivity index (χ4v) is 1.88. The van der Waals surface area contributed by atoms with Crippen molar-refractivity contribution in [1.82, 2.24) is 10.6 Å². The second-order valence-electron chi connectivity index (χ2n) is 4.85. The number of aliphatic imine (C=N–C) groups is 1. The maximum absolute atomic E-state index is 5.76. The Kier molecular flexibility index (Phi) is 13.9. The smallest absolute Gasteiger partial charge is 0.191 e. The van der Waals surface area contributed by atoms with E-state index in [4.69, 9.17) is 9.47 Å².